The van der Waals surface area contributed by atoms with E-state index in [1.165, 1.54) is 0 Å². The van der Waals surface area contributed by atoms with E-state index in [1.54, 1.807) is 48.5 Å². The molecule has 3 atom stereocenters. The zero-order valence-electron chi connectivity index (χ0n) is 27.3. The number of unbranched alkanes of at least 4 members (excludes halogenated alkanes) is 4. The van der Waals surface area contributed by atoms with Gasteiger partial charge in [-0.2, -0.15) is 0 Å². The highest BCUT2D eigenvalue weighted by atomic mass is 16.7. The van der Waals surface area contributed by atoms with Gasteiger partial charge >= 0.3 is 5.97 Å². The van der Waals surface area contributed by atoms with E-state index < -0.39 is 24.0 Å². The number of ether oxygens (including phenoxy) is 2. The predicted molar refractivity (Wildman–Crippen MR) is 176 cm³/mol. The van der Waals surface area contributed by atoms with Crippen molar-refractivity contribution >= 4 is 29.6 Å². The van der Waals surface area contributed by atoms with Crippen LogP contribution in [0.3, 0.4) is 0 Å². The van der Waals surface area contributed by atoms with Crippen LogP contribution in [0.4, 0.5) is 0 Å². The highest BCUT2D eigenvalue weighted by Crippen LogP contribution is 2.15. The lowest BCUT2D eigenvalue weighted by atomic mass is 9.97. The molecule has 0 heterocycles. The molecule has 3 unspecified atom stereocenters. The van der Waals surface area contributed by atoms with E-state index in [1.807, 2.05) is 19.9 Å². The molecule has 5 N–H and O–H groups in total. The second-order valence-corrected chi connectivity index (χ2v) is 11.4. The van der Waals surface area contributed by atoms with Gasteiger partial charge in [0.25, 0.3) is 0 Å². The van der Waals surface area contributed by atoms with Gasteiger partial charge in [-0.05, 0) is 55.0 Å². The summed E-state index contributed by atoms with van der Waals surface area (Å²) in [6.45, 7) is 6.04. The molecule has 252 valence electrons. The number of primary amides is 1. The molecule has 0 fully saturated rings. The fourth-order valence-corrected chi connectivity index (χ4v) is 4.66. The quantitative estimate of drug-likeness (QED) is 0.0853. The molecule has 11 heteroatoms. The Hall–Kier alpha value is -4.41. The third-order valence-corrected chi connectivity index (χ3v) is 7.64. The van der Waals surface area contributed by atoms with Crippen molar-refractivity contribution in [2.75, 3.05) is 13.3 Å². The van der Waals surface area contributed by atoms with Crippen LogP contribution in [-0.4, -0.2) is 55.0 Å². The SMILES string of the molecule is CCCCCC(=O)NC(Cc1ccc(OCOC(=O)c2ccccc2)cc1)C(=O)NC(C(=O)NCCCCCC(N)=O)C(C)CC. The maximum Gasteiger partial charge on any atom is 0.340 e. The van der Waals surface area contributed by atoms with Crippen LogP contribution in [0.15, 0.2) is 54.6 Å². The van der Waals surface area contributed by atoms with E-state index in [9.17, 15) is 24.0 Å². The number of rotatable bonds is 22. The molecule has 0 radical (unpaired) electrons. The Labute approximate surface area is 272 Å². The number of hydrogen-bond donors (Lipinski definition) is 4. The number of nitrogens with one attached hydrogen (secondary N) is 3. The van der Waals surface area contributed by atoms with Crippen molar-refractivity contribution in [3.8, 4) is 5.75 Å². The summed E-state index contributed by atoms with van der Waals surface area (Å²) >= 11 is 0. The Bertz CT molecular complexity index is 1240. The zero-order chi connectivity index (χ0) is 33.7. The van der Waals surface area contributed by atoms with Gasteiger partial charge in [0.1, 0.15) is 17.8 Å². The highest BCUT2D eigenvalue weighted by molar-refractivity contribution is 5.92. The van der Waals surface area contributed by atoms with Crippen molar-refractivity contribution in [3.05, 3.63) is 65.7 Å². The molecule has 0 aliphatic heterocycles. The summed E-state index contributed by atoms with van der Waals surface area (Å²) in [6.07, 6.45) is 6.15. The molecule has 4 amide bonds. The van der Waals surface area contributed by atoms with Crippen molar-refractivity contribution in [2.24, 2.45) is 11.7 Å². The first-order valence-electron chi connectivity index (χ1n) is 16.2. The molecule has 2 aromatic carbocycles. The molecular weight excluding hydrogens is 588 g/mol. The number of esters is 1. The number of carbonyl (C=O) groups excluding carboxylic acids is 5. The smallest absolute Gasteiger partial charge is 0.340 e. The topological polar surface area (TPSA) is 166 Å². The third-order valence-electron chi connectivity index (χ3n) is 7.64. The Morgan fingerprint density at radius 1 is 0.804 bits per heavy atom. The molecule has 2 rings (SSSR count). The Morgan fingerprint density at radius 3 is 2.15 bits per heavy atom. The summed E-state index contributed by atoms with van der Waals surface area (Å²) in [4.78, 5) is 62.5. The number of hydrogen-bond acceptors (Lipinski definition) is 7. The number of carbonyl (C=O) groups is 5. The van der Waals surface area contributed by atoms with Crippen molar-refractivity contribution in [3.63, 3.8) is 0 Å². The first kappa shape index (κ1) is 37.8. The number of amides is 4. The summed E-state index contributed by atoms with van der Waals surface area (Å²) in [5, 5.41) is 8.65. The number of benzene rings is 2. The normalized spacial score (nSPS) is 12.7. The second-order valence-electron chi connectivity index (χ2n) is 11.4. The van der Waals surface area contributed by atoms with Crippen molar-refractivity contribution < 1.29 is 33.4 Å². The first-order valence-corrected chi connectivity index (χ1v) is 16.2. The summed E-state index contributed by atoms with van der Waals surface area (Å²) in [7, 11) is 0. The maximum atomic E-state index is 13.6. The molecule has 0 bridgehead atoms. The predicted octanol–water partition coefficient (Wildman–Crippen LogP) is 4.18. The van der Waals surface area contributed by atoms with Crippen molar-refractivity contribution in [1.29, 1.82) is 0 Å². The molecule has 0 spiro atoms. The van der Waals surface area contributed by atoms with Crippen LogP contribution >= 0.6 is 0 Å². The van der Waals surface area contributed by atoms with Gasteiger partial charge in [-0.3, -0.25) is 19.2 Å². The molecule has 0 aliphatic rings. The summed E-state index contributed by atoms with van der Waals surface area (Å²) in [6, 6.07) is 13.9. The van der Waals surface area contributed by atoms with Crippen LogP contribution in [-0.2, 0) is 30.3 Å². The minimum absolute atomic E-state index is 0.146. The van der Waals surface area contributed by atoms with E-state index in [4.69, 9.17) is 15.2 Å². The standard InChI is InChI=1S/C35H50N4O7/c1-4-6-9-17-31(41)38-29(33(42)39-32(25(3)5-2)34(43)37-22-13-8-12-16-30(36)40)23-26-18-20-28(21-19-26)45-24-46-35(44)27-14-10-7-11-15-27/h7,10-11,14-15,18-21,25,29,32H,4-6,8-9,12-13,16-17,22-24H2,1-3H3,(H2,36,40)(H,37,43)(H,38,41)(H,39,42). The maximum absolute atomic E-state index is 13.6. The van der Waals surface area contributed by atoms with Gasteiger partial charge in [-0.1, -0.05) is 76.8 Å². The zero-order valence-corrected chi connectivity index (χ0v) is 27.3. The molecule has 0 aliphatic carbocycles. The van der Waals surface area contributed by atoms with Gasteiger partial charge in [0.2, 0.25) is 30.4 Å². The Morgan fingerprint density at radius 2 is 1.50 bits per heavy atom. The van der Waals surface area contributed by atoms with Crippen LogP contribution in [0.2, 0.25) is 0 Å². The van der Waals surface area contributed by atoms with Crippen LogP contribution in [0, 0.1) is 5.92 Å². The van der Waals surface area contributed by atoms with Gasteiger partial charge in [-0.25, -0.2) is 4.79 Å². The molecule has 46 heavy (non-hydrogen) atoms. The molecule has 0 saturated heterocycles. The largest absolute Gasteiger partial charge is 0.457 e. The van der Waals surface area contributed by atoms with Crippen molar-refractivity contribution in [1.82, 2.24) is 16.0 Å². The fraction of sp³-hybridized carbons (Fsp3) is 0.514. The summed E-state index contributed by atoms with van der Waals surface area (Å²) in [5.41, 5.74) is 6.37. The molecule has 2 aromatic rings. The van der Waals surface area contributed by atoms with Crippen LogP contribution < -0.4 is 26.4 Å². The molecule has 0 aromatic heterocycles. The van der Waals surface area contributed by atoms with Crippen LogP contribution in [0.1, 0.15) is 94.5 Å². The lowest BCUT2D eigenvalue weighted by Gasteiger charge is -2.26. The average Bonchev–Trinajstić information content (AvgIpc) is 3.05. The third kappa shape index (κ3) is 14.6. The average molecular weight is 639 g/mol. The van der Waals surface area contributed by atoms with Crippen LogP contribution in [0.5, 0.6) is 5.75 Å². The van der Waals surface area contributed by atoms with Gasteiger partial charge in [0.05, 0.1) is 5.56 Å². The van der Waals surface area contributed by atoms with E-state index in [0.717, 1.165) is 31.2 Å². The van der Waals surface area contributed by atoms with E-state index in [2.05, 4.69) is 22.9 Å². The van der Waals surface area contributed by atoms with Gasteiger partial charge in [0.15, 0.2) is 0 Å². The summed E-state index contributed by atoms with van der Waals surface area (Å²) < 4.78 is 10.7. The van der Waals surface area contributed by atoms with Crippen LogP contribution in [0.25, 0.3) is 0 Å². The Kier molecular flexibility index (Phi) is 17.5. The van der Waals surface area contributed by atoms with Gasteiger partial charge < -0.3 is 31.2 Å². The lowest BCUT2D eigenvalue weighted by molar-refractivity contribution is -0.133. The Balaban J connectivity index is 2.03. The minimum atomic E-state index is -0.902. The van der Waals surface area contributed by atoms with E-state index in [0.29, 0.717) is 50.0 Å². The molecular formula is C35H50N4O7. The number of nitrogens with two attached hydrogens (primary N) is 1. The monoisotopic (exact) mass is 638 g/mol. The van der Waals surface area contributed by atoms with E-state index in [-0.39, 0.29) is 36.9 Å². The summed E-state index contributed by atoms with van der Waals surface area (Å²) in [5.74, 6) is -1.48. The lowest BCUT2D eigenvalue weighted by Crippen LogP contribution is -2.56. The van der Waals surface area contributed by atoms with Crippen molar-refractivity contribution in [2.45, 2.75) is 97.1 Å². The molecule has 11 nitrogen and oxygen atoms in total. The van der Waals surface area contributed by atoms with E-state index >= 15 is 0 Å². The first-order chi connectivity index (χ1) is 22.1. The second kappa shape index (κ2) is 21.3. The molecule has 0 saturated carbocycles. The minimum Gasteiger partial charge on any atom is -0.457 e. The van der Waals surface area contributed by atoms with Gasteiger partial charge in [0, 0.05) is 25.8 Å². The van der Waals surface area contributed by atoms with Gasteiger partial charge in [-0.15, -0.1) is 0 Å². The highest BCUT2D eigenvalue weighted by Gasteiger charge is 2.30. The fourth-order valence-electron chi connectivity index (χ4n) is 4.66.